The van der Waals surface area contributed by atoms with Crippen molar-refractivity contribution in [2.75, 3.05) is 30.3 Å². The van der Waals surface area contributed by atoms with Crippen LogP contribution in [0.25, 0.3) is 22.0 Å². The van der Waals surface area contributed by atoms with E-state index in [2.05, 4.69) is 31.6 Å². The molecule has 7 N–H and O–H groups in total. The standard InChI is InChI=1S/C40H34N8O7/c41-36(51)28-20-44-30-19-24(13-14-26(30)35(28)46-25-5-2-1-3-6-25)22-9-11-23(12-10-22)37(52)43-18-17-42-33(50)21-45-29-8-4-7-27-34(29)40(55)48(39(27)54)31-15-16-32(49)47-38(31)53/h1-14,19-20,31,45H,15-18,21H2,(H2,41,51)(H,42,50)(H,43,52)(H,44,46)(H,47,49,53). The van der Waals surface area contributed by atoms with Crippen LogP contribution in [0.2, 0.25) is 0 Å². The van der Waals surface area contributed by atoms with Crippen LogP contribution in [0.3, 0.4) is 0 Å². The number of para-hydroxylation sites is 1. The van der Waals surface area contributed by atoms with Crippen molar-refractivity contribution in [1.82, 2.24) is 25.8 Å². The number of pyridine rings is 1. The molecule has 1 atom stereocenters. The first-order valence-electron chi connectivity index (χ1n) is 17.4. The summed E-state index contributed by atoms with van der Waals surface area (Å²) in [5, 5.41) is 14.5. The van der Waals surface area contributed by atoms with E-state index < -0.39 is 41.5 Å². The second-order valence-corrected chi connectivity index (χ2v) is 12.8. The van der Waals surface area contributed by atoms with Gasteiger partial charge in [-0.15, -0.1) is 0 Å². The summed E-state index contributed by atoms with van der Waals surface area (Å²) in [7, 11) is 0. The molecule has 3 heterocycles. The Bertz CT molecular complexity index is 2400. The molecule has 1 saturated heterocycles. The number of piperidine rings is 1. The Kier molecular flexibility index (Phi) is 9.99. The number of imide groups is 2. The van der Waals surface area contributed by atoms with Gasteiger partial charge in [0, 0.05) is 48.0 Å². The minimum atomic E-state index is -1.10. The number of hydrogen-bond donors (Lipinski definition) is 6. The van der Waals surface area contributed by atoms with Gasteiger partial charge in [-0.05, 0) is 60.0 Å². The van der Waals surface area contributed by atoms with E-state index in [4.69, 9.17) is 5.73 Å². The van der Waals surface area contributed by atoms with Gasteiger partial charge in [-0.1, -0.05) is 48.5 Å². The second kappa shape index (κ2) is 15.3. The van der Waals surface area contributed by atoms with Crippen LogP contribution in [0.1, 0.15) is 54.3 Å². The summed E-state index contributed by atoms with van der Waals surface area (Å²) < 4.78 is 0. The fourth-order valence-corrected chi connectivity index (χ4v) is 6.55. The van der Waals surface area contributed by atoms with Crippen LogP contribution < -0.4 is 32.3 Å². The number of rotatable bonds is 12. The molecule has 0 aliphatic carbocycles. The highest BCUT2D eigenvalue weighted by Crippen LogP contribution is 2.34. The molecule has 7 amide bonds. The van der Waals surface area contributed by atoms with E-state index in [1.165, 1.54) is 12.3 Å². The molecule has 0 bridgehead atoms. The van der Waals surface area contributed by atoms with Crippen LogP contribution in [0.15, 0.2) is 97.2 Å². The molecule has 5 aromatic rings. The summed E-state index contributed by atoms with van der Waals surface area (Å²) in [6.45, 7) is 0.0394. The zero-order valence-electron chi connectivity index (χ0n) is 29.2. The van der Waals surface area contributed by atoms with Crippen LogP contribution in [0.4, 0.5) is 17.1 Å². The smallest absolute Gasteiger partial charge is 0.264 e. The van der Waals surface area contributed by atoms with Gasteiger partial charge in [-0.2, -0.15) is 0 Å². The molecule has 1 unspecified atom stereocenters. The van der Waals surface area contributed by atoms with Crippen molar-refractivity contribution in [3.8, 4) is 11.1 Å². The SMILES string of the molecule is NC(=O)c1cnc2cc(-c3ccc(C(=O)NCCNC(=O)CNc4cccc5c4C(=O)N(C4CCC(=O)NC4=O)C5=O)cc3)ccc2c1Nc1ccccc1. The number of benzene rings is 4. The van der Waals surface area contributed by atoms with E-state index in [0.29, 0.717) is 16.8 Å². The molecule has 7 rings (SSSR count). The fourth-order valence-electron chi connectivity index (χ4n) is 6.55. The van der Waals surface area contributed by atoms with Crippen molar-refractivity contribution >= 4 is 69.3 Å². The Hall–Kier alpha value is -7.42. The van der Waals surface area contributed by atoms with Gasteiger partial charge in [0.05, 0.1) is 34.4 Å². The lowest BCUT2D eigenvalue weighted by atomic mass is 10.0. The average Bonchev–Trinajstić information content (AvgIpc) is 3.44. The molecule has 15 heteroatoms. The maximum absolute atomic E-state index is 13.3. The fraction of sp³-hybridized carbons (Fsp3) is 0.150. The van der Waals surface area contributed by atoms with Crippen LogP contribution in [0, 0.1) is 0 Å². The zero-order valence-corrected chi connectivity index (χ0v) is 29.2. The van der Waals surface area contributed by atoms with E-state index in [0.717, 1.165) is 27.1 Å². The highest BCUT2D eigenvalue weighted by molar-refractivity contribution is 6.25. The predicted molar refractivity (Wildman–Crippen MR) is 202 cm³/mol. The van der Waals surface area contributed by atoms with Crippen molar-refractivity contribution < 1.29 is 33.6 Å². The maximum atomic E-state index is 13.3. The quantitative estimate of drug-likeness (QED) is 0.0811. The third-order valence-corrected chi connectivity index (χ3v) is 9.30. The van der Waals surface area contributed by atoms with Crippen LogP contribution in [-0.2, 0) is 14.4 Å². The number of carbonyl (C=O) groups excluding carboxylic acids is 7. The Morgan fingerprint density at radius 2 is 1.58 bits per heavy atom. The number of nitrogens with two attached hydrogens (primary N) is 1. The number of anilines is 3. The molecule has 2 aliphatic rings. The molecule has 0 saturated carbocycles. The topological polar surface area (TPSA) is 222 Å². The average molecular weight is 739 g/mol. The van der Waals surface area contributed by atoms with Gasteiger partial charge in [-0.25, -0.2) is 0 Å². The molecule has 1 aromatic heterocycles. The molecule has 276 valence electrons. The Labute approximate surface area is 313 Å². The summed E-state index contributed by atoms with van der Waals surface area (Å²) in [5.41, 5.74) is 10.4. The molecule has 1 fully saturated rings. The minimum absolute atomic E-state index is 0.00464. The minimum Gasteiger partial charge on any atom is -0.375 e. The summed E-state index contributed by atoms with van der Waals surface area (Å²) in [6.07, 6.45) is 1.49. The first-order chi connectivity index (χ1) is 26.6. The lowest BCUT2D eigenvalue weighted by Gasteiger charge is -2.27. The van der Waals surface area contributed by atoms with E-state index >= 15 is 0 Å². The van der Waals surface area contributed by atoms with Gasteiger partial charge in [0.2, 0.25) is 17.7 Å². The zero-order chi connectivity index (χ0) is 38.6. The number of carbonyl (C=O) groups is 7. The third kappa shape index (κ3) is 7.44. The van der Waals surface area contributed by atoms with Gasteiger partial charge < -0.3 is 27.0 Å². The number of hydrogen-bond acceptors (Lipinski definition) is 10. The summed E-state index contributed by atoms with van der Waals surface area (Å²) in [5.74, 6) is -3.87. The molecular formula is C40H34N8O7. The summed E-state index contributed by atoms with van der Waals surface area (Å²) in [6, 6.07) is 25.6. The highest BCUT2D eigenvalue weighted by Gasteiger charge is 2.45. The molecule has 2 aliphatic heterocycles. The van der Waals surface area contributed by atoms with Gasteiger partial charge in [0.1, 0.15) is 6.04 Å². The summed E-state index contributed by atoms with van der Waals surface area (Å²) >= 11 is 0. The van der Waals surface area contributed by atoms with Crippen molar-refractivity contribution in [3.63, 3.8) is 0 Å². The molecule has 55 heavy (non-hydrogen) atoms. The predicted octanol–water partition coefficient (Wildman–Crippen LogP) is 3.10. The van der Waals surface area contributed by atoms with E-state index in [9.17, 15) is 33.6 Å². The van der Waals surface area contributed by atoms with E-state index in [-0.39, 0.29) is 60.8 Å². The molecule has 0 spiro atoms. The van der Waals surface area contributed by atoms with Crippen LogP contribution >= 0.6 is 0 Å². The normalized spacial score (nSPS) is 15.0. The third-order valence-electron chi connectivity index (χ3n) is 9.30. The number of amides is 7. The van der Waals surface area contributed by atoms with Crippen molar-refractivity contribution in [1.29, 1.82) is 0 Å². The number of primary amides is 1. The van der Waals surface area contributed by atoms with E-state index in [1.807, 2.05) is 60.7 Å². The summed E-state index contributed by atoms with van der Waals surface area (Å²) in [4.78, 5) is 93.2. The Morgan fingerprint density at radius 1 is 0.836 bits per heavy atom. The first kappa shape index (κ1) is 36.0. The van der Waals surface area contributed by atoms with E-state index in [1.54, 1.807) is 24.3 Å². The molecular weight excluding hydrogens is 704 g/mol. The lowest BCUT2D eigenvalue weighted by molar-refractivity contribution is -0.136. The highest BCUT2D eigenvalue weighted by atomic mass is 16.2. The maximum Gasteiger partial charge on any atom is 0.264 e. The number of fused-ring (bicyclic) bond motifs is 2. The van der Waals surface area contributed by atoms with Crippen molar-refractivity contribution in [2.45, 2.75) is 18.9 Å². The van der Waals surface area contributed by atoms with Gasteiger partial charge in [0.25, 0.3) is 23.6 Å². The first-order valence-corrected chi connectivity index (χ1v) is 17.4. The second-order valence-electron chi connectivity index (χ2n) is 12.8. The van der Waals surface area contributed by atoms with Gasteiger partial charge in [-0.3, -0.25) is 48.8 Å². The van der Waals surface area contributed by atoms with Crippen molar-refractivity contribution in [3.05, 3.63) is 119 Å². The molecule has 15 nitrogen and oxygen atoms in total. The van der Waals surface area contributed by atoms with Gasteiger partial charge in [0.15, 0.2) is 0 Å². The Balaban J connectivity index is 0.912. The Morgan fingerprint density at radius 3 is 2.33 bits per heavy atom. The van der Waals surface area contributed by atoms with Crippen LogP contribution in [0.5, 0.6) is 0 Å². The number of nitrogens with zero attached hydrogens (tertiary/aromatic N) is 2. The van der Waals surface area contributed by atoms with Crippen LogP contribution in [-0.4, -0.2) is 76.9 Å². The molecule has 4 aromatic carbocycles. The largest absolute Gasteiger partial charge is 0.375 e. The molecule has 0 radical (unpaired) electrons. The lowest BCUT2D eigenvalue weighted by Crippen LogP contribution is -2.54. The van der Waals surface area contributed by atoms with Gasteiger partial charge >= 0.3 is 0 Å². The number of nitrogens with one attached hydrogen (secondary N) is 5. The number of aromatic nitrogens is 1. The monoisotopic (exact) mass is 738 g/mol. The van der Waals surface area contributed by atoms with Crippen molar-refractivity contribution in [2.24, 2.45) is 5.73 Å².